The van der Waals surface area contributed by atoms with Crippen LogP contribution in [0.5, 0.6) is 0 Å². The molecular formula is C59H70FN7O13. The van der Waals surface area contributed by atoms with Gasteiger partial charge in [-0.3, -0.25) is 43.4 Å². The molecule has 0 saturated carbocycles. The number of aromatic nitrogens is 2. The topological polar surface area (TPSA) is 253 Å². The molecule has 4 aliphatic rings. The van der Waals surface area contributed by atoms with Crippen LogP contribution in [0.3, 0.4) is 0 Å². The first kappa shape index (κ1) is 58.7. The Morgan fingerprint density at radius 1 is 0.950 bits per heavy atom. The van der Waals surface area contributed by atoms with E-state index in [1.807, 2.05) is 32.8 Å². The molecule has 1 aliphatic carbocycles. The van der Waals surface area contributed by atoms with Gasteiger partial charge in [-0.2, -0.15) is 0 Å². The van der Waals surface area contributed by atoms with E-state index in [1.54, 1.807) is 51.1 Å². The van der Waals surface area contributed by atoms with E-state index in [4.69, 9.17) is 19.2 Å². The van der Waals surface area contributed by atoms with Gasteiger partial charge in [-0.15, -0.1) is 0 Å². The Kier molecular flexibility index (Phi) is 18.2. The lowest BCUT2D eigenvalue weighted by molar-refractivity contribution is -0.172. The van der Waals surface area contributed by atoms with Gasteiger partial charge in [-0.25, -0.2) is 19.0 Å². The predicted octanol–water partition coefficient (Wildman–Crippen LogP) is 5.14. The van der Waals surface area contributed by atoms with Crippen molar-refractivity contribution in [3.63, 3.8) is 0 Å². The lowest BCUT2D eigenvalue weighted by atomic mass is 9.81. The first-order chi connectivity index (χ1) is 38.1. The highest BCUT2D eigenvalue weighted by Gasteiger charge is 2.46. The number of halogens is 1. The molecule has 426 valence electrons. The van der Waals surface area contributed by atoms with Crippen molar-refractivity contribution in [2.24, 2.45) is 11.8 Å². The first-order valence-corrected chi connectivity index (χ1v) is 27.3. The third-order valence-corrected chi connectivity index (χ3v) is 15.7. The summed E-state index contributed by atoms with van der Waals surface area (Å²) in [5.41, 5.74) is 2.74. The molecule has 0 spiro atoms. The van der Waals surface area contributed by atoms with Crippen molar-refractivity contribution < 1.29 is 62.1 Å². The zero-order valence-corrected chi connectivity index (χ0v) is 46.4. The molecule has 0 fully saturated rings. The van der Waals surface area contributed by atoms with Crippen molar-refractivity contribution in [3.8, 4) is 11.4 Å². The maximum absolute atomic E-state index is 15.5. The minimum Gasteiger partial charge on any atom is -0.458 e. The molecule has 20 nitrogen and oxygen atoms in total. The number of amides is 5. The third kappa shape index (κ3) is 12.6. The molecule has 0 saturated heterocycles. The van der Waals surface area contributed by atoms with E-state index in [9.17, 15) is 48.3 Å². The van der Waals surface area contributed by atoms with Gasteiger partial charge in [0.25, 0.3) is 17.4 Å². The van der Waals surface area contributed by atoms with E-state index in [1.165, 1.54) is 32.6 Å². The smallest absolute Gasteiger partial charge is 0.411 e. The zero-order valence-electron chi connectivity index (χ0n) is 46.4. The van der Waals surface area contributed by atoms with Gasteiger partial charge in [-0.05, 0) is 99.8 Å². The van der Waals surface area contributed by atoms with Crippen LogP contribution in [-0.4, -0.2) is 130 Å². The van der Waals surface area contributed by atoms with Crippen LogP contribution in [0.4, 0.5) is 9.18 Å². The van der Waals surface area contributed by atoms with Gasteiger partial charge >= 0.3 is 12.1 Å². The average Bonchev–Trinajstić information content (AvgIpc) is 4.05. The SMILES string of the molecule is CC[C@@]1(O)C(=O)OCc2c1cc1n(c2=O)Cc2c-1nc1cc(F)c(C)c3c1c2[C@@H](NC(=O)COCN(CCN(C)C)C(=O)OCc1ccc(CC(=O)[C@H](C)NC(=O)[C@@H](CC(=O)CCCCCN2C(=O)C=CC2=O)C(C)C)cc1)CC3. The van der Waals surface area contributed by atoms with Gasteiger partial charge in [0.15, 0.2) is 11.4 Å². The molecule has 0 bridgehead atoms. The summed E-state index contributed by atoms with van der Waals surface area (Å²) in [7, 11) is 3.69. The number of nitrogens with zero attached hydrogens (tertiary/aromatic N) is 5. The number of esters is 1. The number of Topliss-reactive ketones (excluding diaryl/α,β-unsaturated/α-hetero) is 2. The summed E-state index contributed by atoms with van der Waals surface area (Å²) in [5.74, 6) is -3.93. The molecule has 0 unspecified atom stereocenters. The van der Waals surface area contributed by atoms with Crippen LogP contribution in [0.2, 0.25) is 0 Å². The molecule has 2 aromatic heterocycles. The lowest BCUT2D eigenvalue weighted by Gasteiger charge is -2.31. The van der Waals surface area contributed by atoms with Crippen LogP contribution in [0.15, 0.2) is 53.3 Å². The minimum absolute atomic E-state index is 0.0198. The van der Waals surface area contributed by atoms with Crippen LogP contribution < -0.4 is 16.2 Å². The van der Waals surface area contributed by atoms with E-state index in [2.05, 4.69) is 10.6 Å². The minimum atomic E-state index is -2.04. The number of pyridine rings is 2. The first-order valence-electron chi connectivity index (χ1n) is 27.3. The molecule has 5 heterocycles. The Morgan fingerprint density at radius 2 is 1.66 bits per heavy atom. The number of aliphatic hydroxyl groups is 1. The fourth-order valence-corrected chi connectivity index (χ4v) is 10.9. The number of hydrogen-bond donors (Lipinski definition) is 3. The number of hydrogen-bond acceptors (Lipinski definition) is 15. The third-order valence-electron chi connectivity index (χ3n) is 15.7. The molecule has 80 heavy (non-hydrogen) atoms. The standard InChI is InChI=1S/C59H70FN7O13/c1-8-59(77)43-26-47-54-41(28-67(47)56(74)42(43)30-79-57(59)75)53-45(18-17-39-34(4)44(60)27-46(63-54)52(39)53)62-49(70)31-78-32-65(23-22-64(6)7)58(76)80-29-37-15-13-36(14-16-37)24-48(69)35(5)61-55(73)40(33(2)3)25-38(68)12-10-9-11-21-66-50(71)19-20-51(66)72/h13-16,19-20,26-27,33,35,40,45,77H,8-12,17-18,21-25,28-32H2,1-7H3,(H,61,73)(H,62,70)/t35-,40-,45-,59-/m0/s1. The Hall–Kier alpha value is -7.49. The molecular weight excluding hydrogens is 1030 g/mol. The number of carbonyl (C=O) groups excluding carboxylic acids is 8. The normalized spacial score (nSPS) is 17.8. The van der Waals surface area contributed by atoms with Gasteiger partial charge < -0.3 is 39.4 Å². The van der Waals surface area contributed by atoms with E-state index in [0.717, 1.165) is 5.56 Å². The Labute approximate surface area is 463 Å². The Bertz CT molecular complexity index is 3210. The van der Waals surface area contributed by atoms with Crippen molar-refractivity contribution in [2.45, 2.75) is 130 Å². The molecule has 2 aromatic carbocycles. The van der Waals surface area contributed by atoms with Crippen molar-refractivity contribution in [2.75, 3.05) is 47.1 Å². The quantitative estimate of drug-likeness (QED) is 0.0296. The van der Waals surface area contributed by atoms with Gasteiger partial charge in [0, 0.05) is 79.5 Å². The number of ether oxygens (including phenoxy) is 3. The van der Waals surface area contributed by atoms with Gasteiger partial charge in [-0.1, -0.05) is 51.5 Å². The maximum Gasteiger partial charge on any atom is 0.411 e. The van der Waals surface area contributed by atoms with Gasteiger partial charge in [0.1, 0.15) is 38.2 Å². The summed E-state index contributed by atoms with van der Waals surface area (Å²) in [6.45, 7) is 8.53. The number of unbranched alkanes of at least 4 members (excludes halogenated alkanes) is 2. The number of carbonyl (C=O) groups is 8. The second kappa shape index (κ2) is 24.9. The number of likely N-dealkylation sites (N-methyl/N-ethyl adjacent to an activating group) is 1. The fourth-order valence-electron chi connectivity index (χ4n) is 10.9. The highest BCUT2D eigenvalue weighted by atomic mass is 19.1. The van der Waals surface area contributed by atoms with E-state index in [-0.39, 0.29) is 105 Å². The van der Waals surface area contributed by atoms with Crippen molar-refractivity contribution in [1.29, 1.82) is 0 Å². The number of imide groups is 1. The van der Waals surface area contributed by atoms with E-state index in [0.29, 0.717) is 95.3 Å². The molecule has 3 N–H and O–H groups in total. The number of fused-ring (bicyclic) bond motifs is 5. The zero-order chi connectivity index (χ0) is 57.7. The Morgan fingerprint density at radius 3 is 2.35 bits per heavy atom. The molecule has 0 radical (unpaired) electrons. The van der Waals surface area contributed by atoms with E-state index >= 15 is 4.39 Å². The molecule has 3 aliphatic heterocycles. The van der Waals surface area contributed by atoms with Crippen molar-refractivity contribution in [3.05, 3.63) is 109 Å². The molecule has 21 heteroatoms. The second-order valence-electron chi connectivity index (χ2n) is 21.8. The highest BCUT2D eigenvalue weighted by molar-refractivity contribution is 6.12. The average molecular weight is 1100 g/mol. The summed E-state index contributed by atoms with van der Waals surface area (Å²) in [6, 6.07) is 8.44. The van der Waals surface area contributed by atoms with Crippen LogP contribution in [0.25, 0.3) is 22.3 Å². The number of nitrogens with one attached hydrogen (secondary N) is 2. The summed E-state index contributed by atoms with van der Waals surface area (Å²) < 4.78 is 33.7. The van der Waals surface area contributed by atoms with Crippen LogP contribution in [-0.2, 0) is 86.0 Å². The number of rotatable bonds is 25. The Balaban J connectivity index is 0.833. The predicted molar refractivity (Wildman–Crippen MR) is 290 cm³/mol. The van der Waals surface area contributed by atoms with Crippen LogP contribution in [0.1, 0.15) is 123 Å². The highest BCUT2D eigenvalue weighted by Crippen LogP contribution is 2.46. The molecule has 8 rings (SSSR count). The molecule has 5 amide bonds. The number of ketones is 2. The number of benzene rings is 2. The summed E-state index contributed by atoms with van der Waals surface area (Å²) >= 11 is 0. The maximum atomic E-state index is 15.5. The lowest BCUT2D eigenvalue weighted by Crippen LogP contribution is -2.44. The van der Waals surface area contributed by atoms with Crippen molar-refractivity contribution in [1.82, 2.24) is 34.9 Å². The monoisotopic (exact) mass is 1100 g/mol. The summed E-state index contributed by atoms with van der Waals surface area (Å²) in [4.78, 5) is 126. The van der Waals surface area contributed by atoms with Crippen LogP contribution in [0, 0.1) is 24.6 Å². The van der Waals surface area contributed by atoms with Gasteiger partial charge in [0.2, 0.25) is 11.8 Å². The summed E-state index contributed by atoms with van der Waals surface area (Å²) in [5, 5.41) is 18.0. The summed E-state index contributed by atoms with van der Waals surface area (Å²) in [6.07, 6.45) is 4.67. The van der Waals surface area contributed by atoms with Crippen molar-refractivity contribution >= 4 is 58.2 Å². The number of aryl methyl sites for hydroxylation is 1. The second-order valence-corrected chi connectivity index (χ2v) is 21.8. The van der Waals surface area contributed by atoms with Crippen LogP contribution >= 0.6 is 0 Å². The van der Waals surface area contributed by atoms with E-state index < -0.39 is 59.6 Å². The largest absolute Gasteiger partial charge is 0.458 e. The van der Waals surface area contributed by atoms with Gasteiger partial charge in [0.05, 0.1) is 41.1 Å². The fraction of sp³-hybridized carbons (Fsp3) is 0.492. The molecule has 4 aromatic rings. The molecule has 4 atom stereocenters. The number of cyclic esters (lactones) is 1.